The standard InChI is InChI=1S/C32H22O8/c1-19-13-28(39-31(35)25-5-3-23-16-27(37-18-33)9-7-21(23)14-25)11-12-30(19)40-32(36)26-6-4-24-17-29(38-20(2)34)10-8-22(24)15-26/h3-18H,1-2H3. The molecule has 5 aromatic carbocycles. The maximum Gasteiger partial charge on any atom is 0.343 e. The molecule has 8 heteroatoms. The Hall–Kier alpha value is -5.50. The predicted molar refractivity (Wildman–Crippen MR) is 147 cm³/mol. The van der Waals surface area contributed by atoms with Crippen molar-refractivity contribution in [3.63, 3.8) is 0 Å². The second-order valence-corrected chi connectivity index (χ2v) is 8.96. The van der Waals surface area contributed by atoms with E-state index in [0.717, 1.165) is 21.5 Å². The van der Waals surface area contributed by atoms with Gasteiger partial charge in [0.2, 0.25) is 0 Å². The Labute approximate surface area is 228 Å². The molecule has 0 fully saturated rings. The second kappa shape index (κ2) is 11.1. The number of hydrogen-bond donors (Lipinski definition) is 0. The highest BCUT2D eigenvalue weighted by atomic mass is 16.5. The molecule has 0 spiro atoms. The largest absolute Gasteiger partial charge is 0.429 e. The Bertz CT molecular complexity index is 1800. The zero-order valence-corrected chi connectivity index (χ0v) is 21.5. The van der Waals surface area contributed by atoms with Crippen LogP contribution in [0.4, 0.5) is 0 Å². The van der Waals surface area contributed by atoms with Crippen molar-refractivity contribution in [2.45, 2.75) is 13.8 Å². The van der Waals surface area contributed by atoms with Crippen LogP contribution in [0.5, 0.6) is 23.0 Å². The van der Waals surface area contributed by atoms with Crippen LogP contribution in [0.3, 0.4) is 0 Å². The third-order valence-corrected chi connectivity index (χ3v) is 6.10. The molecule has 0 saturated heterocycles. The van der Waals surface area contributed by atoms with Crippen molar-refractivity contribution in [2.24, 2.45) is 0 Å². The van der Waals surface area contributed by atoms with Crippen LogP contribution in [0.15, 0.2) is 91.0 Å². The second-order valence-electron chi connectivity index (χ2n) is 8.96. The van der Waals surface area contributed by atoms with Crippen LogP contribution in [0, 0.1) is 6.92 Å². The van der Waals surface area contributed by atoms with Crippen molar-refractivity contribution in [1.82, 2.24) is 0 Å². The van der Waals surface area contributed by atoms with Gasteiger partial charge in [0, 0.05) is 6.92 Å². The molecule has 0 heterocycles. The fourth-order valence-corrected chi connectivity index (χ4v) is 4.18. The Morgan fingerprint density at radius 1 is 0.575 bits per heavy atom. The van der Waals surface area contributed by atoms with Crippen LogP contribution in [0.1, 0.15) is 33.2 Å². The summed E-state index contributed by atoms with van der Waals surface area (Å²) < 4.78 is 21.1. The van der Waals surface area contributed by atoms with E-state index in [1.54, 1.807) is 97.9 Å². The van der Waals surface area contributed by atoms with E-state index in [9.17, 15) is 19.2 Å². The summed E-state index contributed by atoms with van der Waals surface area (Å²) in [7, 11) is 0. The van der Waals surface area contributed by atoms with E-state index in [1.165, 1.54) is 6.92 Å². The van der Waals surface area contributed by atoms with E-state index >= 15 is 0 Å². The normalized spacial score (nSPS) is 10.7. The first-order chi connectivity index (χ1) is 19.3. The molecule has 0 aliphatic heterocycles. The summed E-state index contributed by atoms with van der Waals surface area (Å²) in [5.41, 5.74) is 1.30. The van der Waals surface area contributed by atoms with E-state index in [2.05, 4.69) is 0 Å². The Balaban J connectivity index is 1.26. The molecule has 0 bridgehead atoms. The summed E-state index contributed by atoms with van der Waals surface area (Å²) in [4.78, 5) is 47.3. The van der Waals surface area contributed by atoms with Crippen LogP contribution in [0.25, 0.3) is 21.5 Å². The van der Waals surface area contributed by atoms with Gasteiger partial charge in [0.1, 0.15) is 23.0 Å². The Morgan fingerprint density at radius 2 is 1.07 bits per heavy atom. The number of hydrogen-bond acceptors (Lipinski definition) is 8. The van der Waals surface area contributed by atoms with Crippen molar-refractivity contribution in [2.75, 3.05) is 0 Å². The summed E-state index contributed by atoms with van der Waals surface area (Å²) in [5.74, 6) is -0.0484. The summed E-state index contributed by atoms with van der Waals surface area (Å²) in [6, 6.07) is 25.1. The van der Waals surface area contributed by atoms with Gasteiger partial charge in [-0.1, -0.05) is 24.3 Å². The fraction of sp³-hybridized carbons (Fsp3) is 0.0625. The van der Waals surface area contributed by atoms with E-state index in [0.29, 0.717) is 46.2 Å². The summed E-state index contributed by atoms with van der Waals surface area (Å²) in [5, 5.41) is 3.18. The third-order valence-electron chi connectivity index (χ3n) is 6.10. The van der Waals surface area contributed by atoms with Gasteiger partial charge >= 0.3 is 17.9 Å². The molecule has 8 nitrogen and oxygen atoms in total. The molecule has 198 valence electrons. The van der Waals surface area contributed by atoms with Crippen molar-refractivity contribution < 1.29 is 38.1 Å². The lowest BCUT2D eigenvalue weighted by molar-refractivity contribution is -0.131. The summed E-state index contributed by atoms with van der Waals surface area (Å²) >= 11 is 0. The molecule has 0 amide bonds. The van der Waals surface area contributed by atoms with E-state index < -0.39 is 17.9 Å². The smallest absolute Gasteiger partial charge is 0.343 e. The predicted octanol–water partition coefficient (Wildman–Crippen LogP) is 6.20. The highest BCUT2D eigenvalue weighted by Gasteiger charge is 2.15. The van der Waals surface area contributed by atoms with Gasteiger partial charge in [0.15, 0.2) is 0 Å². The van der Waals surface area contributed by atoms with Crippen LogP contribution < -0.4 is 18.9 Å². The Morgan fingerprint density at radius 3 is 1.68 bits per heavy atom. The van der Waals surface area contributed by atoms with Crippen LogP contribution >= 0.6 is 0 Å². The number of benzene rings is 5. The fourth-order valence-electron chi connectivity index (χ4n) is 4.18. The first kappa shape index (κ1) is 26.1. The number of carbonyl (C=O) groups excluding carboxylic acids is 4. The van der Waals surface area contributed by atoms with Crippen LogP contribution in [0.2, 0.25) is 0 Å². The molecule has 0 aliphatic carbocycles. The molecule has 0 saturated carbocycles. The molecule has 0 atom stereocenters. The summed E-state index contributed by atoms with van der Waals surface area (Å²) in [6.45, 7) is 3.43. The molecule has 0 unspecified atom stereocenters. The van der Waals surface area contributed by atoms with Crippen molar-refractivity contribution >= 4 is 45.9 Å². The molecule has 0 aromatic heterocycles. The average molecular weight is 535 g/mol. The van der Waals surface area contributed by atoms with Gasteiger partial charge < -0.3 is 18.9 Å². The molecular weight excluding hydrogens is 512 g/mol. The maximum atomic E-state index is 12.8. The van der Waals surface area contributed by atoms with E-state index in [-0.39, 0.29) is 0 Å². The minimum atomic E-state index is -0.549. The maximum absolute atomic E-state index is 12.8. The minimum Gasteiger partial charge on any atom is -0.429 e. The lowest BCUT2D eigenvalue weighted by atomic mass is 10.1. The van der Waals surface area contributed by atoms with Gasteiger partial charge in [0.25, 0.3) is 6.47 Å². The van der Waals surface area contributed by atoms with Crippen molar-refractivity contribution in [1.29, 1.82) is 0 Å². The molecule has 5 rings (SSSR count). The first-order valence-corrected chi connectivity index (χ1v) is 12.2. The van der Waals surface area contributed by atoms with Gasteiger partial charge in [-0.3, -0.25) is 9.59 Å². The van der Waals surface area contributed by atoms with Gasteiger partial charge in [-0.25, -0.2) is 9.59 Å². The number of ether oxygens (including phenoxy) is 4. The van der Waals surface area contributed by atoms with Gasteiger partial charge in [-0.15, -0.1) is 0 Å². The van der Waals surface area contributed by atoms with E-state index in [4.69, 9.17) is 18.9 Å². The number of aryl methyl sites for hydroxylation is 1. The number of esters is 3. The number of carbonyl (C=O) groups is 4. The molecule has 0 aliphatic rings. The Kier molecular flexibility index (Phi) is 7.24. The zero-order chi connectivity index (χ0) is 28.2. The van der Waals surface area contributed by atoms with Crippen molar-refractivity contribution in [3.8, 4) is 23.0 Å². The van der Waals surface area contributed by atoms with Gasteiger partial charge in [-0.2, -0.15) is 0 Å². The summed E-state index contributed by atoms with van der Waals surface area (Å²) in [6.07, 6.45) is 0. The highest BCUT2D eigenvalue weighted by Crippen LogP contribution is 2.27. The van der Waals surface area contributed by atoms with Gasteiger partial charge in [0.05, 0.1) is 11.1 Å². The highest BCUT2D eigenvalue weighted by molar-refractivity contribution is 5.98. The number of rotatable bonds is 7. The monoisotopic (exact) mass is 534 g/mol. The molecular formula is C32H22O8. The molecule has 5 aromatic rings. The molecule has 40 heavy (non-hydrogen) atoms. The number of fused-ring (bicyclic) bond motifs is 2. The first-order valence-electron chi connectivity index (χ1n) is 12.2. The zero-order valence-electron chi connectivity index (χ0n) is 21.5. The molecule has 0 radical (unpaired) electrons. The van der Waals surface area contributed by atoms with Crippen LogP contribution in [-0.4, -0.2) is 24.4 Å². The lowest BCUT2D eigenvalue weighted by Gasteiger charge is -2.11. The van der Waals surface area contributed by atoms with E-state index in [1.807, 2.05) is 0 Å². The topological polar surface area (TPSA) is 105 Å². The minimum absolute atomic E-state index is 0.298. The van der Waals surface area contributed by atoms with Crippen LogP contribution in [-0.2, 0) is 9.59 Å². The molecule has 0 N–H and O–H groups in total. The lowest BCUT2D eigenvalue weighted by Crippen LogP contribution is -2.10. The SMILES string of the molecule is CC(=O)Oc1ccc2cc(C(=O)Oc3ccc(OC(=O)c4ccc5cc(OC=O)ccc5c4)cc3C)ccc2c1. The average Bonchev–Trinajstić information content (AvgIpc) is 2.93. The van der Waals surface area contributed by atoms with Gasteiger partial charge in [-0.05, 0) is 101 Å². The third kappa shape index (κ3) is 5.81. The quantitative estimate of drug-likeness (QED) is 0.138. The van der Waals surface area contributed by atoms with Crippen molar-refractivity contribution in [3.05, 3.63) is 108 Å².